The molecular formula is C15H21N3S. The smallest absolute Gasteiger partial charge is 0.0782 e. The Morgan fingerprint density at radius 1 is 1.05 bits per heavy atom. The first-order valence-electron chi connectivity index (χ1n) is 6.59. The Kier molecular flexibility index (Phi) is 4.32. The van der Waals surface area contributed by atoms with Crippen molar-refractivity contribution in [2.24, 2.45) is 0 Å². The number of aryl methyl sites for hydroxylation is 3. The van der Waals surface area contributed by atoms with Crippen molar-refractivity contribution in [3.63, 3.8) is 0 Å². The molecule has 0 amide bonds. The summed E-state index contributed by atoms with van der Waals surface area (Å²) in [5.41, 5.74) is 3.41. The molecule has 2 heterocycles. The maximum Gasteiger partial charge on any atom is 0.0782 e. The van der Waals surface area contributed by atoms with Crippen LogP contribution in [0.1, 0.15) is 52.6 Å². The minimum Gasteiger partial charge on any atom is -0.302 e. The van der Waals surface area contributed by atoms with E-state index in [9.17, 15) is 0 Å². The van der Waals surface area contributed by atoms with Crippen LogP contribution in [-0.2, 0) is 0 Å². The first kappa shape index (κ1) is 14.2. The van der Waals surface area contributed by atoms with Gasteiger partial charge < -0.3 is 5.32 Å². The van der Waals surface area contributed by atoms with Gasteiger partial charge in [-0.3, -0.25) is 9.97 Å². The molecule has 3 nitrogen and oxygen atoms in total. The van der Waals surface area contributed by atoms with Crippen LogP contribution in [0, 0.1) is 20.8 Å². The summed E-state index contributed by atoms with van der Waals surface area (Å²) < 4.78 is 0. The fourth-order valence-electron chi connectivity index (χ4n) is 2.47. The summed E-state index contributed by atoms with van der Waals surface area (Å²) >= 11 is 1.86. The van der Waals surface area contributed by atoms with Crippen molar-refractivity contribution in [2.75, 3.05) is 0 Å². The number of aromatic nitrogens is 2. The molecule has 4 heteroatoms. The summed E-state index contributed by atoms with van der Waals surface area (Å²) in [7, 11) is 0. The van der Waals surface area contributed by atoms with Crippen LogP contribution in [0.5, 0.6) is 0 Å². The molecule has 2 aromatic heterocycles. The third-order valence-electron chi connectivity index (χ3n) is 3.38. The van der Waals surface area contributed by atoms with E-state index in [0.29, 0.717) is 6.04 Å². The monoisotopic (exact) mass is 275 g/mol. The second-order valence-electron chi connectivity index (χ2n) is 5.01. The molecule has 2 aromatic rings. The molecule has 0 aliphatic heterocycles. The van der Waals surface area contributed by atoms with E-state index in [-0.39, 0.29) is 6.04 Å². The maximum absolute atomic E-state index is 4.43. The first-order chi connectivity index (χ1) is 8.99. The molecule has 0 spiro atoms. The van der Waals surface area contributed by atoms with Crippen molar-refractivity contribution >= 4 is 11.3 Å². The Balaban J connectivity index is 2.13. The third-order valence-corrected chi connectivity index (χ3v) is 4.36. The minimum atomic E-state index is 0.198. The van der Waals surface area contributed by atoms with Gasteiger partial charge in [0.1, 0.15) is 0 Å². The number of nitrogens with zero attached hydrogens (tertiary/aromatic N) is 2. The highest BCUT2D eigenvalue weighted by Crippen LogP contribution is 2.28. The van der Waals surface area contributed by atoms with Crippen molar-refractivity contribution in [3.05, 3.63) is 45.2 Å². The SMILES string of the molecule is Cc1cc(C(C)NC(C)c2nccnc2C)c(C)s1. The zero-order chi connectivity index (χ0) is 14.0. The summed E-state index contributed by atoms with van der Waals surface area (Å²) in [6.07, 6.45) is 3.49. The Labute approximate surface area is 119 Å². The zero-order valence-electron chi connectivity index (χ0n) is 12.2. The summed E-state index contributed by atoms with van der Waals surface area (Å²) in [4.78, 5) is 11.5. The van der Waals surface area contributed by atoms with E-state index < -0.39 is 0 Å². The van der Waals surface area contributed by atoms with E-state index in [1.807, 2.05) is 18.3 Å². The Hall–Kier alpha value is -1.26. The van der Waals surface area contributed by atoms with Crippen LogP contribution in [-0.4, -0.2) is 9.97 Å². The lowest BCUT2D eigenvalue weighted by atomic mass is 10.1. The number of hydrogen-bond acceptors (Lipinski definition) is 4. The molecule has 0 fully saturated rings. The predicted octanol–water partition coefficient (Wildman–Crippen LogP) is 3.88. The highest BCUT2D eigenvalue weighted by Gasteiger charge is 2.16. The van der Waals surface area contributed by atoms with Crippen LogP contribution < -0.4 is 5.32 Å². The number of rotatable bonds is 4. The predicted molar refractivity (Wildman–Crippen MR) is 80.5 cm³/mol. The minimum absolute atomic E-state index is 0.198. The second kappa shape index (κ2) is 5.80. The van der Waals surface area contributed by atoms with Crippen molar-refractivity contribution in [1.29, 1.82) is 0 Å². The van der Waals surface area contributed by atoms with Gasteiger partial charge in [-0.05, 0) is 46.2 Å². The van der Waals surface area contributed by atoms with Crippen LogP contribution in [0.4, 0.5) is 0 Å². The van der Waals surface area contributed by atoms with E-state index >= 15 is 0 Å². The Morgan fingerprint density at radius 3 is 2.32 bits per heavy atom. The summed E-state index contributed by atoms with van der Waals surface area (Å²) in [6, 6.07) is 2.79. The quantitative estimate of drug-likeness (QED) is 0.920. The van der Waals surface area contributed by atoms with Crippen molar-refractivity contribution in [1.82, 2.24) is 15.3 Å². The van der Waals surface area contributed by atoms with Crippen molar-refractivity contribution < 1.29 is 0 Å². The van der Waals surface area contributed by atoms with E-state index in [1.54, 1.807) is 12.4 Å². The van der Waals surface area contributed by atoms with E-state index in [0.717, 1.165) is 11.4 Å². The van der Waals surface area contributed by atoms with Crippen molar-refractivity contribution in [2.45, 2.75) is 46.7 Å². The zero-order valence-corrected chi connectivity index (χ0v) is 13.0. The largest absolute Gasteiger partial charge is 0.302 e. The molecule has 1 N–H and O–H groups in total. The van der Waals surface area contributed by atoms with Crippen LogP contribution in [0.3, 0.4) is 0 Å². The lowest BCUT2D eigenvalue weighted by molar-refractivity contribution is 0.482. The molecule has 0 aliphatic rings. The Morgan fingerprint density at radius 2 is 1.74 bits per heavy atom. The molecule has 102 valence electrons. The van der Waals surface area contributed by atoms with Gasteiger partial charge in [0.2, 0.25) is 0 Å². The normalized spacial score (nSPS) is 14.4. The standard InChI is InChI=1S/C15H21N3S/c1-9-8-14(13(5)19-9)10(2)18-12(4)15-11(3)16-6-7-17-15/h6-8,10,12,18H,1-5H3. The first-order valence-corrected chi connectivity index (χ1v) is 7.41. The van der Waals surface area contributed by atoms with Crippen LogP contribution in [0.25, 0.3) is 0 Å². The van der Waals surface area contributed by atoms with Gasteiger partial charge in [0.25, 0.3) is 0 Å². The molecule has 0 aromatic carbocycles. The van der Waals surface area contributed by atoms with Gasteiger partial charge in [0.15, 0.2) is 0 Å². The molecule has 0 saturated heterocycles. The van der Waals surface area contributed by atoms with Gasteiger partial charge >= 0.3 is 0 Å². The van der Waals surface area contributed by atoms with Gasteiger partial charge in [-0.25, -0.2) is 0 Å². The number of hydrogen-bond donors (Lipinski definition) is 1. The maximum atomic E-state index is 4.43. The molecule has 0 radical (unpaired) electrons. The fourth-order valence-corrected chi connectivity index (χ4v) is 3.49. The molecule has 2 rings (SSSR count). The van der Waals surface area contributed by atoms with Crippen LogP contribution in [0.15, 0.2) is 18.5 Å². The van der Waals surface area contributed by atoms with Crippen LogP contribution in [0.2, 0.25) is 0 Å². The van der Waals surface area contributed by atoms with E-state index in [1.165, 1.54) is 15.3 Å². The molecule has 19 heavy (non-hydrogen) atoms. The van der Waals surface area contributed by atoms with E-state index in [4.69, 9.17) is 0 Å². The molecule has 2 atom stereocenters. The molecule has 2 unspecified atom stereocenters. The van der Waals surface area contributed by atoms with Gasteiger partial charge in [-0.1, -0.05) is 0 Å². The topological polar surface area (TPSA) is 37.8 Å². The summed E-state index contributed by atoms with van der Waals surface area (Å²) in [6.45, 7) is 10.7. The lowest BCUT2D eigenvalue weighted by Gasteiger charge is -2.20. The highest BCUT2D eigenvalue weighted by molar-refractivity contribution is 7.12. The summed E-state index contributed by atoms with van der Waals surface area (Å²) in [5, 5.41) is 3.61. The fraction of sp³-hybridized carbons (Fsp3) is 0.467. The van der Waals surface area contributed by atoms with E-state index in [2.05, 4.69) is 49.0 Å². The van der Waals surface area contributed by atoms with Gasteiger partial charge in [-0.2, -0.15) is 0 Å². The molecule has 0 aliphatic carbocycles. The Bertz CT molecular complexity index is 562. The summed E-state index contributed by atoms with van der Waals surface area (Å²) in [5.74, 6) is 0. The lowest BCUT2D eigenvalue weighted by Crippen LogP contribution is -2.24. The van der Waals surface area contributed by atoms with Gasteiger partial charge in [-0.15, -0.1) is 11.3 Å². The molecule has 0 saturated carbocycles. The average molecular weight is 275 g/mol. The second-order valence-corrected chi connectivity index (χ2v) is 6.47. The molecule has 0 bridgehead atoms. The van der Waals surface area contributed by atoms with Crippen LogP contribution >= 0.6 is 11.3 Å². The van der Waals surface area contributed by atoms with Gasteiger partial charge in [0.05, 0.1) is 11.4 Å². The number of nitrogens with one attached hydrogen (secondary N) is 1. The highest BCUT2D eigenvalue weighted by atomic mass is 32.1. The average Bonchev–Trinajstić information content (AvgIpc) is 2.69. The van der Waals surface area contributed by atoms with Crippen molar-refractivity contribution in [3.8, 4) is 0 Å². The third kappa shape index (κ3) is 3.19. The number of thiophene rings is 1. The molecular weight excluding hydrogens is 254 g/mol. The van der Waals surface area contributed by atoms with Gasteiger partial charge in [0, 0.05) is 34.2 Å².